The quantitative estimate of drug-likeness (QED) is 0.343. The smallest absolute Gasteiger partial charge is 0.139 e. The summed E-state index contributed by atoms with van der Waals surface area (Å²) in [4.78, 5) is 0. The van der Waals surface area contributed by atoms with E-state index in [4.69, 9.17) is 10.5 Å². The monoisotopic (exact) mass is 327 g/mol. The molecule has 1 aliphatic rings. The molecule has 24 heavy (non-hydrogen) atoms. The first-order chi connectivity index (χ1) is 11.7. The van der Waals surface area contributed by atoms with E-state index in [1.54, 1.807) is 0 Å². The van der Waals surface area contributed by atoms with Gasteiger partial charge in [0.25, 0.3) is 0 Å². The molecule has 0 saturated heterocycles. The summed E-state index contributed by atoms with van der Waals surface area (Å²) in [5, 5.41) is 8.46. The van der Waals surface area contributed by atoms with Crippen molar-refractivity contribution in [1.82, 2.24) is 0 Å². The van der Waals surface area contributed by atoms with Crippen LogP contribution >= 0.6 is 0 Å². The lowest BCUT2D eigenvalue weighted by Gasteiger charge is -2.27. The van der Waals surface area contributed by atoms with Crippen LogP contribution in [0.25, 0.3) is 0 Å². The van der Waals surface area contributed by atoms with Crippen LogP contribution in [0, 0.1) is 0 Å². The van der Waals surface area contributed by atoms with Gasteiger partial charge in [-0.2, -0.15) is 10.2 Å². The van der Waals surface area contributed by atoms with Crippen LogP contribution in [0.1, 0.15) is 51.9 Å². The standard InChI is InChI=1S/C20H29N3O/c1-2-3-4-5-6-10-17-24-20(21)15-13-19(14-16-20)23-22-18-11-8-7-9-12-18/h7-9,11-15H,2-6,10,16-17,21H2,1H3. The maximum absolute atomic E-state index is 6.27. The van der Waals surface area contributed by atoms with Crippen molar-refractivity contribution in [2.24, 2.45) is 16.0 Å². The first kappa shape index (κ1) is 18.6. The van der Waals surface area contributed by atoms with E-state index < -0.39 is 5.72 Å². The zero-order valence-electron chi connectivity index (χ0n) is 14.7. The van der Waals surface area contributed by atoms with Crippen molar-refractivity contribution in [2.45, 2.75) is 57.6 Å². The van der Waals surface area contributed by atoms with Gasteiger partial charge in [0.2, 0.25) is 0 Å². The first-order valence-corrected chi connectivity index (χ1v) is 9.01. The lowest BCUT2D eigenvalue weighted by molar-refractivity contribution is -0.00469. The Kier molecular flexibility index (Phi) is 7.86. The Bertz CT molecular complexity index is 566. The maximum atomic E-state index is 6.27. The number of benzene rings is 1. The molecule has 0 bridgehead atoms. The number of nitrogens with two attached hydrogens (primary N) is 1. The zero-order valence-corrected chi connectivity index (χ0v) is 14.7. The predicted molar refractivity (Wildman–Crippen MR) is 99.0 cm³/mol. The van der Waals surface area contributed by atoms with Gasteiger partial charge in [0.15, 0.2) is 0 Å². The second kappa shape index (κ2) is 10.2. The third-order valence-electron chi connectivity index (χ3n) is 4.07. The summed E-state index contributed by atoms with van der Waals surface area (Å²) in [6.45, 7) is 2.94. The van der Waals surface area contributed by atoms with E-state index in [0.29, 0.717) is 13.0 Å². The number of hydrogen-bond donors (Lipinski definition) is 1. The van der Waals surface area contributed by atoms with Gasteiger partial charge in [0.1, 0.15) is 5.72 Å². The van der Waals surface area contributed by atoms with Crippen LogP contribution in [0.3, 0.4) is 0 Å². The van der Waals surface area contributed by atoms with E-state index in [1.165, 1.54) is 32.1 Å². The largest absolute Gasteiger partial charge is 0.357 e. The molecule has 1 unspecified atom stereocenters. The van der Waals surface area contributed by atoms with Gasteiger partial charge in [-0.3, -0.25) is 5.73 Å². The fourth-order valence-electron chi connectivity index (χ4n) is 2.56. The predicted octanol–water partition coefficient (Wildman–Crippen LogP) is 5.65. The molecular weight excluding hydrogens is 298 g/mol. The Labute approximate surface area is 145 Å². The molecule has 2 rings (SSSR count). The second-order valence-corrected chi connectivity index (χ2v) is 6.27. The summed E-state index contributed by atoms with van der Waals surface area (Å²) in [6.07, 6.45) is 13.9. The molecular formula is C20H29N3O. The molecule has 0 radical (unpaired) electrons. The highest BCUT2D eigenvalue weighted by atomic mass is 16.5. The van der Waals surface area contributed by atoms with E-state index in [1.807, 2.05) is 48.6 Å². The molecule has 4 nitrogen and oxygen atoms in total. The topological polar surface area (TPSA) is 60.0 Å². The highest BCUT2D eigenvalue weighted by Gasteiger charge is 2.23. The molecule has 0 saturated carbocycles. The SMILES string of the molecule is CCCCCCCCOC1(N)C=CC(N=Nc2ccccc2)=CC1. The fourth-order valence-corrected chi connectivity index (χ4v) is 2.56. The number of allylic oxidation sites excluding steroid dienone is 1. The van der Waals surface area contributed by atoms with Gasteiger partial charge in [-0.25, -0.2) is 0 Å². The first-order valence-electron chi connectivity index (χ1n) is 9.01. The molecule has 1 aromatic carbocycles. The number of hydrogen-bond acceptors (Lipinski definition) is 4. The minimum absolute atomic E-state index is 0.627. The molecule has 0 spiro atoms. The highest BCUT2D eigenvalue weighted by molar-refractivity contribution is 5.35. The van der Waals surface area contributed by atoms with Crippen molar-refractivity contribution < 1.29 is 4.74 Å². The summed E-state index contributed by atoms with van der Waals surface area (Å²) < 4.78 is 5.86. The van der Waals surface area contributed by atoms with Crippen molar-refractivity contribution in [3.05, 3.63) is 54.3 Å². The van der Waals surface area contributed by atoms with Gasteiger partial charge in [-0.15, -0.1) is 0 Å². The lowest BCUT2D eigenvalue weighted by Crippen LogP contribution is -2.41. The van der Waals surface area contributed by atoms with E-state index in [-0.39, 0.29) is 0 Å². The van der Waals surface area contributed by atoms with E-state index in [0.717, 1.165) is 17.8 Å². The second-order valence-electron chi connectivity index (χ2n) is 6.27. The summed E-state index contributed by atoms with van der Waals surface area (Å²) in [5.41, 5.74) is 7.23. The van der Waals surface area contributed by atoms with Crippen molar-refractivity contribution in [2.75, 3.05) is 6.61 Å². The minimum Gasteiger partial charge on any atom is -0.357 e. The van der Waals surface area contributed by atoms with Crippen LogP contribution in [0.4, 0.5) is 5.69 Å². The average Bonchev–Trinajstić information content (AvgIpc) is 2.61. The Morgan fingerprint density at radius 2 is 1.79 bits per heavy atom. The zero-order chi connectivity index (χ0) is 17.1. The molecule has 2 N–H and O–H groups in total. The van der Waals surface area contributed by atoms with Gasteiger partial charge in [0.05, 0.1) is 11.4 Å². The molecule has 4 heteroatoms. The Morgan fingerprint density at radius 3 is 2.50 bits per heavy atom. The molecule has 130 valence electrons. The van der Waals surface area contributed by atoms with Crippen LogP contribution in [0.15, 0.2) is 64.5 Å². The fraction of sp³-hybridized carbons (Fsp3) is 0.500. The van der Waals surface area contributed by atoms with E-state index in [2.05, 4.69) is 17.2 Å². The van der Waals surface area contributed by atoms with Crippen molar-refractivity contribution in [3.8, 4) is 0 Å². The van der Waals surface area contributed by atoms with Crippen LogP contribution in [0.2, 0.25) is 0 Å². The van der Waals surface area contributed by atoms with Crippen LogP contribution in [0.5, 0.6) is 0 Å². The Morgan fingerprint density at radius 1 is 1.04 bits per heavy atom. The third kappa shape index (κ3) is 6.77. The van der Waals surface area contributed by atoms with Gasteiger partial charge in [-0.1, -0.05) is 63.3 Å². The van der Waals surface area contributed by atoms with Gasteiger partial charge >= 0.3 is 0 Å². The number of ether oxygens (including phenoxy) is 1. The van der Waals surface area contributed by atoms with E-state index in [9.17, 15) is 0 Å². The van der Waals surface area contributed by atoms with Crippen LogP contribution < -0.4 is 5.73 Å². The van der Waals surface area contributed by atoms with Gasteiger partial charge < -0.3 is 4.74 Å². The molecule has 0 amide bonds. The molecule has 0 aliphatic heterocycles. The summed E-state index contributed by atoms with van der Waals surface area (Å²) in [7, 11) is 0. The van der Waals surface area contributed by atoms with Gasteiger partial charge in [0, 0.05) is 13.0 Å². The Hall–Kier alpha value is -1.78. The molecule has 1 atom stereocenters. The van der Waals surface area contributed by atoms with Crippen LogP contribution in [-0.4, -0.2) is 12.3 Å². The molecule has 1 aliphatic carbocycles. The summed E-state index contributed by atoms with van der Waals surface area (Å²) in [6, 6.07) is 9.70. The molecule has 0 aromatic heterocycles. The normalized spacial score (nSPS) is 20.5. The Balaban J connectivity index is 1.69. The maximum Gasteiger partial charge on any atom is 0.139 e. The molecule has 1 aromatic rings. The molecule has 0 heterocycles. The number of azo groups is 1. The summed E-state index contributed by atoms with van der Waals surface area (Å²) in [5.74, 6) is 0. The van der Waals surface area contributed by atoms with E-state index >= 15 is 0 Å². The number of rotatable bonds is 10. The minimum atomic E-state index is -0.699. The number of unbranched alkanes of at least 4 members (excludes halogenated alkanes) is 5. The van der Waals surface area contributed by atoms with Crippen molar-refractivity contribution in [3.63, 3.8) is 0 Å². The van der Waals surface area contributed by atoms with Crippen molar-refractivity contribution in [1.29, 1.82) is 0 Å². The molecule has 0 fully saturated rings. The summed E-state index contributed by atoms with van der Waals surface area (Å²) >= 11 is 0. The highest BCUT2D eigenvalue weighted by Crippen LogP contribution is 2.22. The average molecular weight is 327 g/mol. The van der Waals surface area contributed by atoms with Crippen molar-refractivity contribution >= 4 is 5.69 Å². The van der Waals surface area contributed by atoms with Gasteiger partial charge in [-0.05, 0) is 30.7 Å². The third-order valence-corrected chi connectivity index (χ3v) is 4.07. The number of nitrogens with zero attached hydrogens (tertiary/aromatic N) is 2. The lowest BCUT2D eigenvalue weighted by atomic mass is 10.0. The van der Waals surface area contributed by atoms with Crippen LogP contribution in [-0.2, 0) is 4.74 Å².